The minimum Gasteiger partial charge on any atom is -0.396 e. The Kier molecular flexibility index (Phi) is 8.45. The second-order valence-corrected chi connectivity index (χ2v) is 9.58. The summed E-state index contributed by atoms with van der Waals surface area (Å²) in [5.41, 5.74) is 13.2. The third-order valence-electron chi connectivity index (χ3n) is 6.40. The highest BCUT2D eigenvalue weighted by atomic mass is 35.5. The predicted molar refractivity (Wildman–Crippen MR) is 146 cm³/mol. The van der Waals surface area contributed by atoms with Crippen molar-refractivity contribution in [3.05, 3.63) is 52.4 Å². The molecule has 38 heavy (non-hydrogen) atoms. The van der Waals surface area contributed by atoms with E-state index in [4.69, 9.17) is 23.1 Å². The normalized spacial score (nSPS) is 14.0. The van der Waals surface area contributed by atoms with Gasteiger partial charge in [-0.1, -0.05) is 16.8 Å². The summed E-state index contributed by atoms with van der Waals surface area (Å²) in [4.78, 5) is 29.7. The molecular weight excluding hydrogens is 513 g/mol. The van der Waals surface area contributed by atoms with Gasteiger partial charge in [0, 0.05) is 38.2 Å². The number of rotatable bonds is 8. The van der Waals surface area contributed by atoms with Crippen LogP contribution < -0.4 is 27.0 Å². The number of amides is 2. The first-order chi connectivity index (χ1) is 18.2. The molecule has 0 aliphatic carbocycles. The fourth-order valence-corrected chi connectivity index (χ4v) is 4.38. The van der Waals surface area contributed by atoms with Crippen molar-refractivity contribution in [1.29, 1.82) is 0 Å². The summed E-state index contributed by atoms with van der Waals surface area (Å²) >= 11 is 6.30. The van der Waals surface area contributed by atoms with E-state index in [-0.39, 0.29) is 34.2 Å². The van der Waals surface area contributed by atoms with Crippen LogP contribution in [-0.4, -0.2) is 71.5 Å². The van der Waals surface area contributed by atoms with E-state index in [2.05, 4.69) is 37.8 Å². The molecule has 0 saturated carbocycles. The molecule has 1 aliphatic rings. The van der Waals surface area contributed by atoms with Crippen molar-refractivity contribution in [3.8, 4) is 5.69 Å². The third-order valence-corrected chi connectivity index (χ3v) is 6.89. The summed E-state index contributed by atoms with van der Waals surface area (Å²) in [6.45, 7) is 5.16. The Morgan fingerprint density at radius 3 is 2.61 bits per heavy atom. The number of hydrogen-bond acceptors (Lipinski definition) is 8. The first-order valence-electron chi connectivity index (χ1n) is 12.2. The van der Waals surface area contributed by atoms with Gasteiger partial charge in [0.1, 0.15) is 0 Å². The summed E-state index contributed by atoms with van der Waals surface area (Å²) < 4.78 is 15.7. The van der Waals surface area contributed by atoms with E-state index in [1.54, 1.807) is 12.3 Å². The van der Waals surface area contributed by atoms with E-state index in [0.29, 0.717) is 30.2 Å². The molecule has 0 radical (unpaired) electrons. The van der Waals surface area contributed by atoms with Crippen molar-refractivity contribution in [1.82, 2.24) is 19.9 Å². The molecular formula is C25H31ClFN9O2. The second-order valence-electron chi connectivity index (χ2n) is 9.20. The first-order valence-corrected chi connectivity index (χ1v) is 12.6. The van der Waals surface area contributed by atoms with Gasteiger partial charge in [-0.15, -0.1) is 5.10 Å². The minimum atomic E-state index is -0.649. The highest BCUT2D eigenvalue weighted by Crippen LogP contribution is 2.32. The Morgan fingerprint density at radius 2 is 1.89 bits per heavy atom. The van der Waals surface area contributed by atoms with Gasteiger partial charge in [-0.3, -0.25) is 9.59 Å². The monoisotopic (exact) mass is 543 g/mol. The fourth-order valence-electron chi connectivity index (χ4n) is 4.16. The van der Waals surface area contributed by atoms with E-state index in [9.17, 15) is 14.0 Å². The molecule has 1 saturated heterocycles. The molecule has 6 N–H and O–H groups in total. The maximum Gasteiger partial charge on any atom is 0.257 e. The summed E-state index contributed by atoms with van der Waals surface area (Å²) in [5.74, 6) is -1.08. The lowest BCUT2D eigenvalue weighted by Gasteiger charge is -2.35. The molecule has 1 fully saturated rings. The van der Waals surface area contributed by atoms with E-state index in [1.807, 2.05) is 12.1 Å². The van der Waals surface area contributed by atoms with Crippen LogP contribution in [0, 0.1) is 12.7 Å². The Morgan fingerprint density at radius 1 is 1.16 bits per heavy atom. The zero-order valence-electron chi connectivity index (χ0n) is 21.3. The number of carbonyl (C=O) groups is 2. The van der Waals surface area contributed by atoms with Crippen LogP contribution in [0.5, 0.6) is 0 Å². The van der Waals surface area contributed by atoms with Crippen molar-refractivity contribution in [2.24, 2.45) is 5.73 Å². The number of nitrogen functional groups attached to an aromatic ring is 1. The van der Waals surface area contributed by atoms with Crippen LogP contribution >= 0.6 is 11.6 Å². The minimum absolute atomic E-state index is 0.00204. The van der Waals surface area contributed by atoms with E-state index < -0.39 is 11.7 Å². The quantitative estimate of drug-likeness (QED) is 0.317. The van der Waals surface area contributed by atoms with Crippen molar-refractivity contribution >= 4 is 46.3 Å². The molecule has 202 valence electrons. The molecule has 2 amide bonds. The van der Waals surface area contributed by atoms with Gasteiger partial charge >= 0.3 is 0 Å². The average molecular weight is 544 g/mol. The highest BCUT2D eigenvalue weighted by molar-refractivity contribution is 6.35. The van der Waals surface area contributed by atoms with Gasteiger partial charge in [0.15, 0.2) is 11.6 Å². The number of nitrogens with one attached hydrogen (secondary N) is 2. The van der Waals surface area contributed by atoms with Crippen molar-refractivity contribution < 1.29 is 14.0 Å². The molecule has 0 atom stereocenters. The van der Waals surface area contributed by atoms with Gasteiger partial charge in [-0.25, -0.2) is 9.07 Å². The number of nitrogens with zero attached hydrogens (tertiary/aromatic N) is 5. The maximum atomic E-state index is 14.2. The molecule has 0 bridgehead atoms. The average Bonchev–Trinajstić information content (AvgIpc) is 3.37. The smallest absolute Gasteiger partial charge is 0.257 e. The summed E-state index contributed by atoms with van der Waals surface area (Å²) in [5, 5.41) is 13.7. The number of anilines is 4. The van der Waals surface area contributed by atoms with Crippen molar-refractivity contribution in [2.75, 3.05) is 61.0 Å². The van der Waals surface area contributed by atoms with Gasteiger partial charge in [-0.2, -0.15) is 0 Å². The number of carbonyl (C=O) groups excluding carboxylic acids is 2. The van der Waals surface area contributed by atoms with Gasteiger partial charge in [0.2, 0.25) is 5.91 Å². The summed E-state index contributed by atoms with van der Waals surface area (Å²) in [6.07, 6.45) is 2.44. The second kappa shape index (κ2) is 11.8. The molecule has 2 heterocycles. The zero-order valence-corrected chi connectivity index (χ0v) is 22.1. The Hall–Kier alpha value is -3.74. The van der Waals surface area contributed by atoms with Crippen LogP contribution in [0.2, 0.25) is 5.02 Å². The van der Waals surface area contributed by atoms with Gasteiger partial charge in [0.05, 0.1) is 39.5 Å². The van der Waals surface area contributed by atoms with Crippen LogP contribution in [0.1, 0.15) is 28.8 Å². The first kappa shape index (κ1) is 27.3. The molecule has 2 aromatic carbocycles. The van der Waals surface area contributed by atoms with Gasteiger partial charge < -0.3 is 31.9 Å². The maximum absolute atomic E-state index is 14.2. The van der Waals surface area contributed by atoms with Gasteiger partial charge in [0.25, 0.3) is 5.91 Å². The number of nitrogens with two attached hydrogens (primary N) is 2. The fraction of sp³-hybridized carbons (Fsp3) is 0.360. The summed E-state index contributed by atoms with van der Waals surface area (Å²) in [7, 11) is 2.06. The van der Waals surface area contributed by atoms with Crippen LogP contribution in [-0.2, 0) is 4.79 Å². The highest BCUT2D eigenvalue weighted by Gasteiger charge is 2.22. The van der Waals surface area contributed by atoms with Crippen molar-refractivity contribution in [3.63, 3.8) is 0 Å². The lowest BCUT2D eigenvalue weighted by Crippen LogP contribution is -2.44. The van der Waals surface area contributed by atoms with Gasteiger partial charge in [-0.05, 0) is 51.2 Å². The lowest BCUT2D eigenvalue weighted by molar-refractivity contribution is -0.116. The van der Waals surface area contributed by atoms with E-state index in [0.717, 1.165) is 31.9 Å². The Balaban J connectivity index is 1.65. The molecule has 4 rings (SSSR count). The van der Waals surface area contributed by atoms with Crippen LogP contribution in [0.15, 0.2) is 30.5 Å². The predicted octanol–water partition coefficient (Wildman–Crippen LogP) is 2.63. The third kappa shape index (κ3) is 6.04. The topological polar surface area (TPSA) is 147 Å². The number of likely N-dealkylation sites (N-methyl/N-ethyl adjacent to an activating group) is 1. The molecule has 3 aromatic rings. The molecule has 11 nitrogen and oxygen atoms in total. The summed E-state index contributed by atoms with van der Waals surface area (Å²) in [6, 6.07) is 6.73. The van der Waals surface area contributed by atoms with Crippen LogP contribution in [0.4, 0.5) is 27.3 Å². The Labute approximate surface area is 224 Å². The number of halogens is 2. The molecule has 1 aromatic heterocycles. The standard InChI is InChI=1S/C25H31ClFN9O2/c1-15-23(26)17(13-18(29)24(15)27)25(38)30-19-12-16(5-6-20(19)35-10-8-34(2)9-11-35)36-14-21(32-33-36)31-22(37)4-3-7-28/h5-6,12-14H,3-4,7-11,28-29H2,1-2H3,(H,30,38)(H,31,37). The van der Waals surface area contributed by atoms with Crippen LogP contribution in [0.3, 0.4) is 0 Å². The van der Waals surface area contributed by atoms with Crippen LogP contribution in [0.25, 0.3) is 5.69 Å². The lowest BCUT2D eigenvalue weighted by atomic mass is 10.1. The molecule has 0 unspecified atom stereocenters. The Bertz CT molecular complexity index is 1340. The van der Waals surface area contributed by atoms with E-state index in [1.165, 1.54) is 17.7 Å². The zero-order chi connectivity index (χ0) is 27.4. The molecule has 1 aliphatic heterocycles. The SMILES string of the molecule is Cc1c(F)c(N)cc(C(=O)Nc2cc(-n3cc(NC(=O)CCCN)nn3)ccc2N2CCN(C)CC2)c1Cl. The largest absolute Gasteiger partial charge is 0.396 e. The van der Waals surface area contributed by atoms with Crippen molar-refractivity contribution in [2.45, 2.75) is 19.8 Å². The number of benzene rings is 2. The van der Waals surface area contributed by atoms with E-state index >= 15 is 0 Å². The number of aromatic nitrogens is 3. The molecule has 0 spiro atoms. The number of hydrogen-bond donors (Lipinski definition) is 4. The molecule has 13 heteroatoms. The number of piperazine rings is 1.